The Hall–Kier alpha value is -4.50. The van der Waals surface area contributed by atoms with Gasteiger partial charge in [0.25, 0.3) is 0 Å². The zero-order chi connectivity index (χ0) is 27.2. The Balaban J connectivity index is 1.35. The van der Waals surface area contributed by atoms with Crippen LogP contribution < -0.4 is 25.4 Å². The van der Waals surface area contributed by atoms with Crippen LogP contribution in [0.2, 0.25) is 0 Å². The van der Waals surface area contributed by atoms with Gasteiger partial charge >= 0.3 is 0 Å². The number of rotatable bonds is 8. The van der Waals surface area contributed by atoms with Crippen LogP contribution in [-0.4, -0.2) is 36.1 Å². The molecule has 0 radical (unpaired) electrons. The molecule has 1 fully saturated rings. The molecular formula is C30H30FN5O3. The summed E-state index contributed by atoms with van der Waals surface area (Å²) in [4.78, 5) is 21.4. The average Bonchev–Trinajstić information content (AvgIpc) is 2.93. The Morgan fingerprint density at radius 2 is 1.92 bits per heavy atom. The maximum absolute atomic E-state index is 14.9. The number of halogens is 1. The van der Waals surface area contributed by atoms with Crippen LogP contribution in [0.5, 0.6) is 11.5 Å². The van der Waals surface area contributed by atoms with Gasteiger partial charge in [-0.05, 0) is 56.6 Å². The highest BCUT2D eigenvalue weighted by Gasteiger charge is 2.14. The second-order valence-electron chi connectivity index (χ2n) is 9.38. The lowest BCUT2D eigenvalue weighted by molar-refractivity contribution is -0.112. The molecule has 0 saturated carbocycles. The van der Waals surface area contributed by atoms with Crippen molar-refractivity contribution < 1.29 is 18.7 Å². The van der Waals surface area contributed by atoms with Crippen LogP contribution in [-0.2, 0) is 11.4 Å². The number of anilines is 3. The van der Waals surface area contributed by atoms with Crippen molar-refractivity contribution >= 4 is 34.0 Å². The number of ether oxygens (including phenoxy) is 2. The van der Waals surface area contributed by atoms with Crippen molar-refractivity contribution in [3.63, 3.8) is 0 Å². The van der Waals surface area contributed by atoms with E-state index >= 15 is 0 Å². The van der Waals surface area contributed by atoms with Crippen LogP contribution in [0.4, 0.5) is 21.6 Å². The molecule has 0 atom stereocenters. The van der Waals surface area contributed by atoms with Crippen molar-refractivity contribution in [2.45, 2.75) is 26.4 Å². The monoisotopic (exact) mass is 527 g/mol. The molecule has 0 unspecified atom stereocenters. The quantitative estimate of drug-likeness (QED) is 0.255. The largest absolute Gasteiger partial charge is 0.494 e. The van der Waals surface area contributed by atoms with Gasteiger partial charge in [-0.2, -0.15) is 0 Å². The fraction of sp³-hybridized carbons (Fsp3) is 0.233. The molecule has 5 rings (SSSR count). The lowest BCUT2D eigenvalue weighted by Gasteiger charge is -2.16. The molecule has 1 aliphatic rings. The first kappa shape index (κ1) is 26.1. The standard InChI is InChI=1S/C30H30FN5O3/c1-19-4-3-5-21(12-19)17-39-27-7-6-22(14-24(27)31)35-30-23-15-26(28(38-2)16-25(23)33-18-34-30)36-29(37)13-20-8-10-32-11-9-20/h3-7,12-16,18,32H,8-11,17H2,1-2H3,(H,36,37)(H,33,34,35). The summed E-state index contributed by atoms with van der Waals surface area (Å²) in [5, 5.41) is 10.0. The molecule has 1 aliphatic heterocycles. The molecular weight excluding hydrogens is 497 g/mol. The third-order valence-electron chi connectivity index (χ3n) is 6.47. The molecule has 1 saturated heterocycles. The minimum Gasteiger partial charge on any atom is -0.494 e. The van der Waals surface area contributed by atoms with Crippen LogP contribution in [0.25, 0.3) is 10.9 Å². The summed E-state index contributed by atoms with van der Waals surface area (Å²) in [6, 6.07) is 16.0. The second-order valence-corrected chi connectivity index (χ2v) is 9.38. The summed E-state index contributed by atoms with van der Waals surface area (Å²) < 4.78 is 26.1. The van der Waals surface area contributed by atoms with E-state index in [2.05, 4.69) is 25.9 Å². The van der Waals surface area contributed by atoms with Crippen molar-refractivity contribution in [3.05, 3.63) is 89.5 Å². The van der Waals surface area contributed by atoms with Gasteiger partial charge in [0.1, 0.15) is 24.5 Å². The average molecular weight is 528 g/mol. The Morgan fingerprint density at radius 3 is 2.69 bits per heavy atom. The highest BCUT2D eigenvalue weighted by molar-refractivity contribution is 6.04. The van der Waals surface area contributed by atoms with E-state index < -0.39 is 5.82 Å². The Labute approximate surface area is 226 Å². The summed E-state index contributed by atoms with van der Waals surface area (Å²) in [6.07, 6.45) is 4.75. The van der Waals surface area contributed by atoms with Gasteiger partial charge in [-0.3, -0.25) is 4.79 Å². The molecule has 9 heteroatoms. The smallest absolute Gasteiger partial charge is 0.248 e. The number of carbonyl (C=O) groups is 1. The number of aryl methyl sites for hydroxylation is 1. The zero-order valence-electron chi connectivity index (χ0n) is 21.9. The molecule has 2 heterocycles. The molecule has 0 spiro atoms. The second kappa shape index (κ2) is 11.9. The molecule has 0 aliphatic carbocycles. The van der Waals surface area contributed by atoms with Crippen molar-refractivity contribution in [3.8, 4) is 11.5 Å². The van der Waals surface area contributed by atoms with E-state index in [-0.39, 0.29) is 18.3 Å². The summed E-state index contributed by atoms with van der Waals surface area (Å²) in [7, 11) is 1.54. The van der Waals surface area contributed by atoms with E-state index in [1.54, 1.807) is 30.3 Å². The topological polar surface area (TPSA) is 97.4 Å². The van der Waals surface area contributed by atoms with E-state index in [0.717, 1.165) is 42.6 Å². The van der Waals surface area contributed by atoms with Crippen LogP contribution in [0.15, 0.2) is 72.6 Å². The molecule has 3 N–H and O–H groups in total. The summed E-state index contributed by atoms with van der Waals surface area (Å²) in [5.41, 5.74) is 4.78. The van der Waals surface area contributed by atoms with Gasteiger partial charge in [-0.15, -0.1) is 0 Å². The number of aromatic nitrogens is 2. The Kier molecular flexibility index (Phi) is 7.98. The van der Waals surface area contributed by atoms with Crippen LogP contribution in [0.1, 0.15) is 24.0 Å². The van der Waals surface area contributed by atoms with Crippen molar-refractivity contribution in [2.75, 3.05) is 30.8 Å². The van der Waals surface area contributed by atoms with Gasteiger partial charge in [-0.25, -0.2) is 14.4 Å². The third kappa shape index (κ3) is 6.50. The van der Waals surface area contributed by atoms with Crippen molar-refractivity contribution in [2.24, 2.45) is 0 Å². The number of amides is 1. The van der Waals surface area contributed by atoms with E-state index in [4.69, 9.17) is 9.47 Å². The van der Waals surface area contributed by atoms with Gasteiger partial charge in [0.2, 0.25) is 5.91 Å². The number of hydrogen-bond acceptors (Lipinski definition) is 7. The maximum Gasteiger partial charge on any atom is 0.248 e. The number of fused-ring (bicyclic) bond motifs is 1. The highest BCUT2D eigenvalue weighted by Crippen LogP contribution is 2.34. The molecule has 1 amide bonds. The number of piperidine rings is 1. The number of benzene rings is 3. The summed E-state index contributed by atoms with van der Waals surface area (Å²) in [5.74, 6) is 0.381. The first-order valence-corrected chi connectivity index (χ1v) is 12.8. The van der Waals surface area contributed by atoms with Gasteiger partial charge in [0, 0.05) is 29.3 Å². The molecule has 8 nitrogen and oxygen atoms in total. The van der Waals surface area contributed by atoms with E-state index in [1.165, 1.54) is 19.5 Å². The number of hydrogen-bond donors (Lipinski definition) is 3. The van der Waals surface area contributed by atoms with Crippen molar-refractivity contribution in [1.82, 2.24) is 15.3 Å². The van der Waals surface area contributed by atoms with E-state index in [9.17, 15) is 9.18 Å². The Bertz CT molecular complexity index is 1530. The Morgan fingerprint density at radius 1 is 1.08 bits per heavy atom. The van der Waals surface area contributed by atoms with E-state index in [1.807, 2.05) is 31.2 Å². The van der Waals surface area contributed by atoms with Crippen LogP contribution in [0.3, 0.4) is 0 Å². The molecule has 0 bridgehead atoms. The predicted molar refractivity (Wildman–Crippen MR) is 150 cm³/mol. The molecule has 1 aromatic heterocycles. The van der Waals surface area contributed by atoms with E-state index in [0.29, 0.717) is 33.8 Å². The lowest BCUT2D eigenvalue weighted by Crippen LogP contribution is -2.24. The fourth-order valence-corrected chi connectivity index (χ4v) is 4.49. The number of carbonyl (C=O) groups excluding carboxylic acids is 1. The van der Waals surface area contributed by atoms with Gasteiger partial charge < -0.3 is 25.4 Å². The molecule has 200 valence electrons. The van der Waals surface area contributed by atoms with Gasteiger partial charge in [0.15, 0.2) is 11.6 Å². The minimum atomic E-state index is -0.494. The van der Waals surface area contributed by atoms with Crippen LogP contribution in [0, 0.1) is 12.7 Å². The van der Waals surface area contributed by atoms with Gasteiger partial charge in [-0.1, -0.05) is 35.4 Å². The zero-order valence-corrected chi connectivity index (χ0v) is 21.9. The number of nitrogens with zero attached hydrogens (tertiary/aromatic N) is 2. The number of methoxy groups -OCH3 is 1. The predicted octanol–water partition coefficient (Wildman–Crippen LogP) is 5.66. The first-order valence-electron chi connectivity index (χ1n) is 12.8. The van der Waals surface area contributed by atoms with Crippen LogP contribution >= 0.6 is 0 Å². The molecule has 39 heavy (non-hydrogen) atoms. The highest BCUT2D eigenvalue weighted by atomic mass is 19.1. The SMILES string of the molecule is COc1cc2ncnc(Nc3ccc(OCc4cccc(C)c4)c(F)c3)c2cc1NC(=O)C=C1CCNCC1. The normalized spacial score (nSPS) is 13.2. The molecule has 4 aromatic rings. The summed E-state index contributed by atoms with van der Waals surface area (Å²) in [6.45, 7) is 4.00. The number of nitrogens with one attached hydrogen (secondary N) is 3. The third-order valence-corrected chi connectivity index (χ3v) is 6.47. The minimum absolute atomic E-state index is 0.159. The lowest BCUT2D eigenvalue weighted by atomic mass is 10.1. The first-order chi connectivity index (χ1) is 19.0. The van der Waals surface area contributed by atoms with Crippen molar-refractivity contribution in [1.29, 1.82) is 0 Å². The fourth-order valence-electron chi connectivity index (χ4n) is 4.49. The molecule has 3 aromatic carbocycles. The van der Waals surface area contributed by atoms with Gasteiger partial charge in [0.05, 0.1) is 18.3 Å². The maximum atomic E-state index is 14.9. The summed E-state index contributed by atoms with van der Waals surface area (Å²) >= 11 is 0.